The molecule has 0 unspecified atom stereocenters. The van der Waals surface area contributed by atoms with Gasteiger partial charge < -0.3 is 4.18 Å². The molecule has 11 heteroatoms. The predicted molar refractivity (Wildman–Crippen MR) is 75.4 cm³/mol. The number of benzene rings is 2. The molecule has 0 aromatic heterocycles. The third kappa shape index (κ3) is 4.45. The number of hydrogen-bond donors (Lipinski definition) is 0. The standard InChI is InChI=1S/C15H7F6NO3S/c16-14(17,18)10-5-11(15(19,20)21)7-12(6-10)25-26(23,24)13-3-1-9(8-22)2-4-13/h1-7H. The summed E-state index contributed by atoms with van der Waals surface area (Å²) in [6.07, 6.45) is -10.3. The molecule has 2 aromatic carbocycles. The van der Waals surface area contributed by atoms with Crippen LogP contribution in [-0.2, 0) is 22.5 Å². The van der Waals surface area contributed by atoms with E-state index < -0.39 is 44.2 Å². The van der Waals surface area contributed by atoms with Gasteiger partial charge in [0.25, 0.3) is 0 Å². The van der Waals surface area contributed by atoms with Gasteiger partial charge in [-0.25, -0.2) is 0 Å². The van der Waals surface area contributed by atoms with E-state index in [-0.39, 0.29) is 23.8 Å². The van der Waals surface area contributed by atoms with Gasteiger partial charge in [0.2, 0.25) is 0 Å². The van der Waals surface area contributed by atoms with E-state index in [2.05, 4.69) is 4.18 Å². The molecule has 0 bridgehead atoms. The Balaban J connectivity index is 2.48. The third-order valence-corrected chi connectivity index (χ3v) is 4.30. The molecule has 2 rings (SSSR count). The number of rotatable bonds is 3. The zero-order chi connectivity index (χ0) is 19.8. The summed E-state index contributed by atoms with van der Waals surface area (Å²) in [5, 5.41) is 8.64. The fraction of sp³-hybridized carbons (Fsp3) is 0.133. The maximum Gasteiger partial charge on any atom is 0.416 e. The predicted octanol–water partition coefficient (Wildman–Crippen LogP) is 4.36. The number of halogens is 6. The van der Waals surface area contributed by atoms with Crippen molar-refractivity contribution in [3.8, 4) is 11.8 Å². The largest absolute Gasteiger partial charge is 0.416 e. The molecule has 0 amide bonds. The molecule has 2 aromatic rings. The van der Waals surface area contributed by atoms with Crippen LogP contribution < -0.4 is 4.18 Å². The summed E-state index contributed by atoms with van der Waals surface area (Å²) in [5.74, 6) is -1.14. The van der Waals surface area contributed by atoms with Crippen LogP contribution in [0.1, 0.15) is 16.7 Å². The van der Waals surface area contributed by atoms with Crippen molar-refractivity contribution in [2.45, 2.75) is 17.2 Å². The molecular weight excluding hydrogens is 388 g/mol. The quantitative estimate of drug-likeness (QED) is 0.572. The zero-order valence-electron chi connectivity index (χ0n) is 12.4. The first-order chi connectivity index (χ1) is 11.8. The van der Waals surface area contributed by atoms with Crippen molar-refractivity contribution in [1.29, 1.82) is 5.26 Å². The lowest BCUT2D eigenvalue weighted by molar-refractivity contribution is -0.143. The van der Waals surface area contributed by atoms with E-state index in [9.17, 15) is 34.8 Å². The second kappa shape index (κ2) is 6.53. The highest BCUT2D eigenvalue weighted by Gasteiger charge is 2.37. The first-order valence-corrected chi connectivity index (χ1v) is 7.98. The van der Waals surface area contributed by atoms with Gasteiger partial charge in [-0.15, -0.1) is 0 Å². The summed E-state index contributed by atoms with van der Waals surface area (Å²) in [4.78, 5) is -0.539. The second-order valence-corrected chi connectivity index (χ2v) is 6.46. The molecule has 0 atom stereocenters. The van der Waals surface area contributed by atoms with Gasteiger partial charge in [-0.1, -0.05) is 0 Å². The smallest absolute Gasteiger partial charge is 0.379 e. The van der Waals surface area contributed by atoms with Crippen molar-refractivity contribution in [2.75, 3.05) is 0 Å². The average Bonchev–Trinajstić information content (AvgIpc) is 2.52. The summed E-state index contributed by atoms with van der Waals surface area (Å²) in [6, 6.07) is 5.94. The highest BCUT2D eigenvalue weighted by atomic mass is 32.2. The van der Waals surface area contributed by atoms with Crippen molar-refractivity contribution in [1.82, 2.24) is 0 Å². The Hall–Kier alpha value is -2.74. The van der Waals surface area contributed by atoms with Gasteiger partial charge >= 0.3 is 22.5 Å². The van der Waals surface area contributed by atoms with E-state index in [0.717, 1.165) is 24.3 Å². The molecule has 0 fully saturated rings. The van der Waals surface area contributed by atoms with Crippen molar-refractivity contribution >= 4 is 10.1 Å². The maximum absolute atomic E-state index is 12.8. The lowest BCUT2D eigenvalue weighted by Gasteiger charge is -2.14. The Morgan fingerprint density at radius 2 is 1.31 bits per heavy atom. The summed E-state index contributed by atoms with van der Waals surface area (Å²) in [7, 11) is -4.71. The molecule has 0 aliphatic heterocycles. The molecule has 0 heterocycles. The highest BCUT2D eigenvalue weighted by Crippen LogP contribution is 2.38. The number of nitriles is 1. The van der Waals surface area contributed by atoms with E-state index in [1.807, 2.05) is 0 Å². The molecule has 138 valence electrons. The molecule has 0 aliphatic carbocycles. The lowest BCUT2D eigenvalue weighted by Crippen LogP contribution is -2.14. The highest BCUT2D eigenvalue weighted by molar-refractivity contribution is 7.87. The van der Waals surface area contributed by atoms with Gasteiger partial charge in [-0.2, -0.15) is 40.0 Å². The molecule has 0 aliphatic rings. The zero-order valence-corrected chi connectivity index (χ0v) is 13.2. The van der Waals surface area contributed by atoms with Crippen LogP contribution in [0, 0.1) is 11.3 Å². The van der Waals surface area contributed by atoms with Crippen LogP contribution in [0.3, 0.4) is 0 Å². The van der Waals surface area contributed by atoms with Crippen LogP contribution in [0.25, 0.3) is 0 Å². The molecule has 0 saturated carbocycles. The van der Waals surface area contributed by atoms with Crippen LogP contribution >= 0.6 is 0 Å². The minimum atomic E-state index is -5.14. The minimum absolute atomic E-state index is 0.0994. The van der Waals surface area contributed by atoms with Crippen molar-refractivity contribution in [3.63, 3.8) is 0 Å². The number of hydrogen-bond acceptors (Lipinski definition) is 4. The van der Waals surface area contributed by atoms with Crippen molar-refractivity contribution < 1.29 is 38.9 Å². The number of nitrogens with zero attached hydrogens (tertiary/aromatic N) is 1. The second-order valence-electron chi connectivity index (χ2n) is 4.92. The van der Waals surface area contributed by atoms with Gasteiger partial charge in [0.1, 0.15) is 10.6 Å². The van der Waals surface area contributed by atoms with Crippen LogP contribution in [0.2, 0.25) is 0 Å². The van der Waals surface area contributed by atoms with Crippen LogP contribution in [-0.4, -0.2) is 8.42 Å². The first-order valence-electron chi connectivity index (χ1n) is 6.57. The van der Waals surface area contributed by atoms with Gasteiger partial charge in [-0.05, 0) is 42.5 Å². The Morgan fingerprint density at radius 3 is 1.69 bits per heavy atom. The van der Waals surface area contributed by atoms with Crippen molar-refractivity contribution in [2.24, 2.45) is 0 Å². The Labute approximate surface area is 143 Å². The fourth-order valence-corrected chi connectivity index (χ4v) is 2.76. The molecule has 0 spiro atoms. The van der Waals surface area contributed by atoms with E-state index in [0.29, 0.717) is 0 Å². The molecule has 4 nitrogen and oxygen atoms in total. The summed E-state index contributed by atoms with van der Waals surface area (Å²) in [6.45, 7) is 0. The summed E-state index contributed by atoms with van der Waals surface area (Å²) in [5.41, 5.74) is -3.32. The SMILES string of the molecule is N#Cc1ccc(S(=O)(=O)Oc2cc(C(F)(F)F)cc(C(F)(F)F)c2)cc1. The molecule has 0 radical (unpaired) electrons. The Kier molecular flexibility index (Phi) is 4.92. The van der Waals surface area contributed by atoms with E-state index in [1.54, 1.807) is 6.07 Å². The monoisotopic (exact) mass is 395 g/mol. The summed E-state index contributed by atoms with van der Waals surface area (Å²) >= 11 is 0. The normalized spacial score (nSPS) is 12.5. The number of alkyl halides is 6. The third-order valence-electron chi connectivity index (χ3n) is 3.04. The topological polar surface area (TPSA) is 67.2 Å². The van der Waals surface area contributed by atoms with E-state index >= 15 is 0 Å². The maximum atomic E-state index is 12.8. The Morgan fingerprint density at radius 1 is 0.846 bits per heavy atom. The summed E-state index contributed by atoms with van der Waals surface area (Å²) < 4.78 is 105. The molecule has 0 N–H and O–H groups in total. The van der Waals surface area contributed by atoms with E-state index in [4.69, 9.17) is 5.26 Å². The minimum Gasteiger partial charge on any atom is -0.379 e. The van der Waals surface area contributed by atoms with E-state index in [1.165, 1.54) is 0 Å². The lowest BCUT2D eigenvalue weighted by atomic mass is 10.1. The molecular formula is C15H7F6NO3S. The van der Waals surface area contributed by atoms with Crippen LogP contribution in [0.4, 0.5) is 26.3 Å². The average molecular weight is 395 g/mol. The van der Waals surface area contributed by atoms with Crippen LogP contribution in [0.5, 0.6) is 5.75 Å². The van der Waals surface area contributed by atoms with Crippen LogP contribution in [0.15, 0.2) is 47.4 Å². The van der Waals surface area contributed by atoms with Gasteiger partial charge in [-0.3, -0.25) is 0 Å². The van der Waals surface area contributed by atoms with Gasteiger partial charge in [0, 0.05) is 0 Å². The van der Waals surface area contributed by atoms with Gasteiger partial charge in [0.05, 0.1) is 22.8 Å². The molecule has 26 heavy (non-hydrogen) atoms. The molecule has 0 saturated heterocycles. The Bertz CT molecular complexity index is 925. The first kappa shape index (κ1) is 19.6. The van der Waals surface area contributed by atoms with Crippen molar-refractivity contribution in [3.05, 3.63) is 59.2 Å². The van der Waals surface area contributed by atoms with Gasteiger partial charge in [0.15, 0.2) is 0 Å². The fourth-order valence-electron chi connectivity index (χ4n) is 1.85.